The van der Waals surface area contributed by atoms with E-state index >= 15 is 0 Å². The number of fused-ring (bicyclic) bond motifs is 12. The van der Waals surface area contributed by atoms with Gasteiger partial charge in [0.25, 0.3) is 6.71 Å². The molecule has 1 spiro atoms. The molecule has 0 saturated carbocycles. The minimum atomic E-state index is -2.89. The molecule has 4 heterocycles. The Morgan fingerprint density at radius 3 is 1.32 bits per heavy atom. The second-order valence-corrected chi connectivity index (χ2v) is 21.6. The Balaban J connectivity index is 1.01. The molecule has 5 heteroatoms. The summed E-state index contributed by atoms with van der Waals surface area (Å²) in [4.78, 5) is 7.54. The summed E-state index contributed by atoms with van der Waals surface area (Å²) in [6, 6.07) is 93.5. The molecule has 0 saturated heterocycles. The largest absolute Gasteiger partial charge is 0.311 e. The summed E-state index contributed by atoms with van der Waals surface area (Å²) in [5.41, 5.74) is 18.9. The van der Waals surface area contributed by atoms with Crippen molar-refractivity contribution < 1.29 is 0 Å². The van der Waals surface area contributed by atoms with Gasteiger partial charge in [-0.1, -0.05) is 182 Å². The number of benzene rings is 10. The van der Waals surface area contributed by atoms with E-state index in [9.17, 15) is 0 Å². The van der Waals surface area contributed by atoms with Gasteiger partial charge >= 0.3 is 0 Å². The van der Waals surface area contributed by atoms with Crippen LogP contribution in [0.1, 0.15) is 22.6 Å². The van der Waals surface area contributed by atoms with Crippen LogP contribution in [0.2, 0.25) is 0 Å². The first-order chi connectivity index (χ1) is 32.8. The van der Waals surface area contributed by atoms with Gasteiger partial charge in [0.2, 0.25) is 0 Å². The van der Waals surface area contributed by atoms with Crippen LogP contribution in [0.4, 0.5) is 51.2 Å². The predicted molar refractivity (Wildman–Crippen MR) is 280 cm³/mol. The molecule has 0 aliphatic carbocycles. The first-order valence-corrected chi connectivity index (χ1v) is 25.1. The van der Waals surface area contributed by atoms with Crippen LogP contribution in [0, 0.1) is 0 Å². The standard InChI is InChI=1S/C61H42BN3Si/c1-4-21-42(22-5-1)60-46-27-10-16-35-56(46)66(57-36-17-11-28-47(57)60)58-37-18-14-31-51(58)65(52-32-15-19-38-59(52)66)45-39-40-49-55(41-45)64(44-25-8-3-9-26-44)54-34-20-33-53-61(54)62(49)48-29-12-13-30-50(48)63(53)43-23-6-2-7-24-43/h1-41,60H. The lowest BCUT2D eigenvalue weighted by Crippen LogP contribution is -2.79. The van der Waals surface area contributed by atoms with Crippen molar-refractivity contribution in [1.82, 2.24) is 0 Å². The molecular weight excluding hydrogens is 814 g/mol. The Bertz CT molecular complexity index is 3440. The van der Waals surface area contributed by atoms with Crippen LogP contribution >= 0.6 is 0 Å². The molecule has 0 atom stereocenters. The van der Waals surface area contributed by atoms with Crippen molar-refractivity contribution in [2.75, 3.05) is 14.7 Å². The van der Waals surface area contributed by atoms with E-state index in [1.165, 1.54) is 87.9 Å². The molecule has 308 valence electrons. The maximum atomic E-state index is 2.57. The molecule has 3 nitrogen and oxygen atoms in total. The molecule has 66 heavy (non-hydrogen) atoms. The van der Waals surface area contributed by atoms with Crippen LogP contribution < -0.4 is 51.8 Å². The molecule has 0 aromatic heterocycles. The highest BCUT2D eigenvalue weighted by Crippen LogP contribution is 2.47. The topological polar surface area (TPSA) is 9.72 Å². The molecule has 10 aromatic rings. The van der Waals surface area contributed by atoms with Crippen molar-refractivity contribution in [1.29, 1.82) is 0 Å². The van der Waals surface area contributed by atoms with E-state index in [0.717, 1.165) is 17.1 Å². The van der Waals surface area contributed by atoms with Crippen LogP contribution in [0.3, 0.4) is 0 Å². The molecule has 4 aliphatic rings. The zero-order chi connectivity index (χ0) is 43.3. The Labute approximate surface area is 387 Å². The van der Waals surface area contributed by atoms with E-state index in [2.05, 4.69) is 263 Å². The lowest BCUT2D eigenvalue weighted by Gasteiger charge is -2.49. The fraction of sp³-hybridized carbons (Fsp3) is 0.0164. The van der Waals surface area contributed by atoms with Gasteiger partial charge in [-0.2, -0.15) is 0 Å². The van der Waals surface area contributed by atoms with E-state index < -0.39 is 8.07 Å². The van der Waals surface area contributed by atoms with Crippen LogP contribution in [0.25, 0.3) is 0 Å². The lowest BCUT2D eigenvalue weighted by molar-refractivity contribution is 0.984. The van der Waals surface area contributed by atoms with E-state index in [-0.39, 0.29) is 12.6 Å². The summed E-state index contributed by atoms with van der Waals surface area (Å²) in [5.74, 6) is 0.145. The number of hydrogen-bond donors (Lipinski definition) is 0. The molecular formula is C61H42BN3Si. The molecule has 0 amide bonds. The average molecular weight is 856 g/mol. The zero-order valence-electron chi connectivity index (χ0n) is 36.2. The zero-order valence-corrected chi connectivity index (χ0v) is 37.2. The van der Waals surface area contributed by atoms with E-state index in [4.69, 9.17) is 0 Å². The maximum Gasteiger partial charge on any atom is 0.252 e. The minimum absolute atomic E-state index is 0.0424. The van der Waals surface area contributed by atoms with E-state index in [1.54, 1.807) is 0 Å². The Morgan fingerprint density at radius 2 is 0.727 bits per heavy atom. The minimum Gasteiger partial charge on any atom is -0.311 e. The number of rotatable bonds is 4. The third-order valence-corrected chi connectivity index (χ3v) is 19.7. The molecule has 10 aromatic carbocycles. The maximum absolute atomic E-state index is 2.89. The summed E-state index contributed by atoms with van der Waals surface area (Å²) >= 11 is 0. The van der Waals surface area contributed by atoms with Gasteiger partial charge in [0, 0.05) is 57.1 Å². The molecule has 4 aliphatic heterocycles. The van der Waals surface area contributed by atoms with E-state index in [0.29, 0.717) is 0 Å². The van der Waals surface area contributed by atoms with Crippen molar-refractivity contribution >= 4 is 103 Å². The van der Waals surface area contributed by atoms with Gasteiger partial charge in [0.05, 0.1) is 0 Å². The lowest BCUT2D eigenvalue weighted by atomic mass is 9.33. The normalized spacial score (nSPS) is 14.6. The fourth-order valence-electron chi connectivity index (χ4n) is 12.3. The average Bonchev–Trinajstić information content (AvgIpc) is 3.39. The van der Waals surface area contributed by atoms with Gasteiger partial charge in [-0.15, -0.1) is 0 Å². The van der Waals surface area contributed by atoms with Crippen LogP contribution in [0.5, 0.6) is 0 Å². The summed E-state index contributed by atoms with van der Waals surface area (Å²) in [6.07, 6.45) is 0. The van der Waals surface area contributed by atoms with Gasteiger partial charge in [-0.3, -0.25) is 0 Å². The van der Waals surface area contributed by atoms with Gasteiger partial charge in [0.15, 0.2) is 8.07 Å². The molecule has 0 bridgehead atoms. The number of hydrogen-bond acceptors (Lipinski definition) is 3. The molecule has 0 unspecified atom stereocenters. The number of anilines is 9. The van der Waals surface area contributed by atoms with Gasteiger partial charge in [-0.05, 0) is 121 Å². The van der Waals surface area contributed by atoms with Gasteiger partial charge in [-0.25, -0.2) is 0 Å². The predicted octanol–water partition coefficient (Wildman–Crippen LogP) is 10.4. The summed E-state index contributed by atoms with van der Waals surface area (Å²) in [6.45, 7) is 0.0424. The molecule has 0 fully saturated rings. The van der Waals surface area contributed by atoms with Crippen molar-refractivity contribution in [3.63, 3.8) is 0 Å². The molecule has 0 N–H and O–H groups in total. The van der Waals surface area contributed by atoms with Crippen molar-refractivity contribution in [2.24, 2.45) is 0 Å². The van der Waals surface area contributed by atoms with Crippen LogP contribution in [-0.2, 0) is 0 Å². The van der Waals surface area contributed by atoms with Crippen LogP contribution in [-0.4, -0.2) is 14.8 Å². The van der Waals surface area contributed by atoms with Crippen molar-refractivity contribution in [3.05, 3.63) is 265 Å². The highest BCUT2D eigenvalue weighted by molar-refractivity contribution is 7.22. The van der Waals surface area contributed by atoms with Crippen LogP contribution in [0.15, 0.2) is 249 Å². The smallest absolute Gasteiger partial charge is 0.252 e. The summed E-state index contributed by atoms with van der Waals surface area (Å²) < 4.78 is 0. The fourth-order valence-corrected chi connectivity index (χ4v) is 17.9. The first kappa shape index (κ1) is 37.3. The third kappa shape index (κ3) is 5.09. The quantitative estimate of drug-likeness (QED) is 0.163. The van der Waals surface area contributed by atoms with Crippen molar-refractivity contribution in [3.8, 4) is 0 Å². The number of para-hydroxylation sites is 5. The summed E-state index contributed by atoms with van der Waals surface area (Å²) in [5, 5.41) is 5.80. The third-order valence-electron chi connectivity index (χ3n) is 14.8. The highest BCUT2D eigenvalue weighted by atomic mass is 28.3. The first-order valence-electron chi connectivity index (χ1n) is 23.1. The second-order valence-electron chi connectivity index (χ2n) is 17.9. The Kier molecular flexibility index (Phi) is 8.16. The van der Waals surface area contributed by atoms with E-state index in [1.807, 2.05) is 0 Å². The second kappa shape index (κ2) is 14.4. The molecule has 14 rings (SSSR count). The Morgan fingerprint density at radius 1 is 0.303 bits per heavy atom. The van der Waals surface area contributed by atoms with Gasteiger partial charge in [0.1, 0.15) is 0 Å². The monoisotopic (exact) mass is 855 g/mol. The summed E-state index contributed by atoms with van der Waals surface area (Å²) in [7, 11) is -2.89. The molecule has 0 radical (unpaired) electrons. The van der Waals surface area contributed by atoms with Gasteiger partial charge < -0.3 is 14.7 Å². The Hall–Kier alpha value is -8.12. The highest BCUT2D eigenvalue weighted by Gasteiger charge is 2.54. The number of nitrogens with zero attached hydrogens (tertiary/aromatic N) is 3. The van der Waals surface area contributed by atoms with Crippen molar-refractivity contribution in [2.45, 2.75) is 5.92 Å². The SMILES string of the molecule is c1ccc(C2c3ccccc3[Si]3(c4ccccc42)c2ccccc2N(c2ccc4c(c2)N(c2ccccc2)c2cccc5c2B4c2ccccc2N5c2ccccc2)c2ccccc23)cc1.